The van der Waals surface area contributed by atoms with E-state index in [1.54, 1.807) is 28.6 Å². The van der Waals surface area contributed by atoms with Gasteiger partial charge in [0.2, 0.25) is 10.0 Å². The number of sulfonamides is 1. The van der Waals surface area contributed by atoms with Crippen molar-refractivity contribution >= 4 is 27.5 Å². The van der Waals surface area contributed by atoms with E-state index in [2.05, 4.69) is 5.32 Å². The van der Waals surface area contributed by atoms with Crippen molar-refractivity contribution in [2.75, 3.05) is 19.6 Å². The van der Waals surface area contributed by atoms with Gasteiger partial charge in [0.15, 0.2) is 0 Å². The first-order chi connectivity index (χ1) is 15.9. The summed E-state index contributed by atoms with van der Waals surface area (Å²) >= 11 is 5.89. The Morgan fingerprint density at radius 1 is 0.818 bits per heavy atom. The summed E-state index contributed by atoms with van der Waals surface area (Å²) in [6, 6.07) is 21.9. The van der Waals surface area contributed by atoms with E-state index in [9.17, 15) is 13.2 Å². The number of benzene rings is 3. The third kappa shape index (κ3) is 5.82. The van der Waals surface area contributed by atoms with Gasteiger partial charge in [0.05, 0.1) is 4.90 Å². The molecule has 0 radical (unpaired) electrons. The predicted octanol–water partition coefficient (Wildman–Crippen LogP) is 5.15. The van der Waals surface area contributed by atoms with Gasteiger partial charge in [-0.3, -0.25) is 4.79 Å². The number of hydrogen-bond acceptors (Lipinski definition) is 3. The van der Waals surface area contributed by atoms with Crippen LogP contribution in [0.15, 0.2) is 77.7 Å². The van der Waals surface area contributed by atoms with E-state index in [1.807, 2.05) is 48.5 Å². The molecule has 0 aromatic heterocycles. The summed E-state index contributed by atoms with van der Waals surface area (Å²) in [6.45, 7) is 1.72. The molecule has 3 aromatic rings. The van der Waals surface area contributed by atoms with E-state index in [1.165, 1.54) is 0 Å². The van der Waals surface area contributed by atoms with Gasteiger partial charge in [0.25, 0.3) is 5.91 Å². The van der Waals surface area contributed by atoms with Crippen LogP contribution in [-0.2, 0) is 16.4 Å². The molecule has 0 saturated carbocycles. The number of rotatable bonds is 7. The first kappa shape index (κ1) is 23.5. The molecular weight excluding hydrogens is 456 g/mol. The van der Waals surface area contributed by atoms with E-state index < -0.39 is 10.0 Å². The van der Waals surface area contributed by atoms with Crippen LogP contribution in [0.5, 0.6) is 0 Å². The van der Waals surface area contributed by atoms with Gasteiger partial charge in [-0.2, -0.15) is 4.31 Å². The summed E-state index contributed by atoms with van der Waals surface area (Å²) in [5.74, 6) is -0.126. The molecule has 1 fully saturated rings. The zero-order valence-electron chi connectivity index (χ0n) is 18.3. The number of nitrogens with one attached hydrogen (secondary N) is 1. The quantitative estimate of drug-likeness (QED) is 0.506. The summed E-state index contributed by atoms with van der Waals surface area (Å²) in [5, 5.41) is 3.63. The summed E-state index contributed by atoms with van der Waals surface area (Å²) in [6.07, 6.45) is 3.64. The van der Waals surface area contributed by atoms with Crippen molar-refractivity contribution in [3.05, 3.63) is 88.9 Å². The molecule has 0 atom stereocenters. The predicted molar refractivity (Wildman–Crippen MR) is 132 cm³/mol. The molecule has 0 unspecified atom stereocenters. The molecule has 1 heterocycles. The molecular formula is C26H27ClN2O3S. The SMILES string of the molecule is O=C(NCCc1ccc(Cl)cc1)c1ccc(-c2ccc(S(=O)(=O)N3CCCCC3)cc2)cc1. The zero-order valence-corrected chi connectivity index (χ0v) is 19.9. The molecule has 1 saturated heterocycles. The van der Waals surface area contributed by atoms with Crippen LogP contribution < -0.4 is 5.32 Å². The zero-order chi connectivity index (χ0) is 23.3. The Bertz CT molecular complexity index is 1190. The molecule has 1 aliphatic heterocycles. The van der Waals surface area contributed by atoms with Crippen LogP contribution in [0.3, 0.4) is 0 Å². The van der Waals surface area contributed by atoms with Gasteiger partial charge in [0, 0.05) is 30.2 Å². The lowest BCUT2D eigenvalue weighted by atomic mass is 10.0. The summed E-state index contributed by atoms with van der Waals surface area (Å²) < 4.78 is 27.2. The van der Waals surface area contributed by atoms with Crippen molar-refractivity contribution in [3.63, 3.8) is 0 Å². The molecule has 7 heteroatoms. The Morgan fingerprint density at radius 3 is 2.00 bits per heavy atom. The van der Waals surface area contributed by atoms with Crippen LogP contribution in [0.4, 0.5) is 0 Å². The molecule has 1 N–H and O–H groups in total. The standard InChI is InChI=1S/C26H27ClN2O3S/c27-24-12-4-20(5-13-24)16-17-28-26(30)23-8-6-21(7-9-23)22-10-14-25(15-11-22)33(31,32)29-18-2-1-3-19-29/h4-15H,1-3,16-19H2,(H,28,30). The fourth-order valence-electron chi connectivity index (χ4n) is 3.96. The van der Waals surface area contributed by atoms with Crippen LogP contribution in [0.1, 0.15) is 35.2 Å². The highest BCUT2D eigenvalue weighted by Crippen LogP contribution is 2.25. The first-order valence-electron chi connectivity index (χ1n) is 11.2. The Kier molecular flexibility index (Phi) is 7.48. The second-order valence-corrected chi connectivity index (χ2v) is 10.6. The number of carbonyl (C=O) groups is 1. The van der Waals surface area contributed by atoms with E-state index in [0.717, 1.165) is 42.4 Å². The highest BCUT2D eigenvalue weighted by molar-refractivity contribution is 7.89. The minimum absolute atomic E-state index is 0.126. The van der Waals surface area contributed by atoms with Crippen LogP contribution in [0.2, 0.25) is 5.02 Å². The van der Waals surface area contributed by atoms with Gasteiger partial charge in [-0.05, 0) is 72.4 Å². The largest absolute Gasteiger partial charge is 0.352 e. The van der Waals surface area contributed by atoms with Gasteiger partial charge in [-0.15, -0.1) is 0 Å². The lowest BCUT2D eigenvalue weighted by molar-refractivity contribution is 0.0954. The van der Waals surface area contributed by atoms with Crippen molar-refractivity contribution < 1.29 is 13.2 Å². The topological polar surface area (TPSA) is 66.5 Å². The average Bonchev–Trinajstić information content (AvgIpc) is 2.86. The summed E-state index contributed by atoms with van der Waals surface area (Å²) in [5.41, 5.74) is 3.52. The highest BCUT2D eigenvalue weighted by Gasteiger charge is 2.25. The molecule has 0 spiro atoms. The number of halogens is 1. The highest BCUT2D eigenvalue weighted by atomic mass is 35.5. The maximum Gasteiger partial charge on any atom is 0.251 e. The van der Waals surface area contributed by atoms with Gasteiger partial charge in [-0.25, -0.2) is 8.42 Å². The Labute approximate surface area is 200 Å². The van der Waals surface area contributed by atoms with Crippen LogP contribution in [0.25, 0.3) is 11.1 Å². The second-order valence-electron chi connectivity index (χ2n) is 8.20. The second kappa shape index (κ2) is 10.5. The van der Waals surface area contributed by atoms with Crippen molar-refractivity contribution in [3.8, 4) is 11.1 Å². The van der Waals surface area contributed by atoms with Crippen molar-refractivity contribution in [2.45, 2.75) is 30.6 Å². The number of hydrogen-bond donors (Lipinski definition) is 1. The van der Waals surface area contributed by atoms with E-state index in [0.29, 0.717) is 35.1 Å². The third-order valence-electron chi connectivity index (χ3n) is 5.90. The minimum atomic E-state index is -3.44. The van der Waals surface area contributed by atoms with E-state index >= 15 is 0 Å². The van der Waals surface area contributed by atoms with Gasteiger partial charge in [-0.1, -0.05) is 54.4 Å². The Hall–Kier alpha value is -2.67. The molecule has 1 amide bonds. The minimum Gasteiger partial charge on any atom is -0.352 e. The van der Waals surface area contributed by atoms with Crippen LogP contribution >= 0.6 is 11.6 Å². The van der Waals surface area contributed by atoms with Crippen molar-refractivity contribution in [2.24, 2.45) is 0 Å². The number of nitrogens with zero attached hydrogens (tertiary/aromatic N) is 1. The fraction of sp³-hybridized carbons (Fsp3) is 0.269. The molecule has 3 aromatic carbocycles. The Morgan fingerprint density at radius 2 is 1.39 bits per heavy atom. The maximum absolute atomic E-state index is 12.8. The lowest BCUT2D eigenvalue weighted by Crippen LogP contribution is -2.35. The summed E-state index contributed by atoms with van der Waals surface area (Å²) in [7, 11) is -3.44. The number of amides is 1. The van der Waals surface area contributed by atoms with Crippen LogP contribution in [-0.4, -0.2) is 38.3 Å². The molecule has 0 bridgehead atoms. The smallest absolute Gasteiger partial charge is 0.251 e. The van der Waals surface area contributed by atoms with Gasteiger partial charge in [0.1, 0.15) is 0 Å². The van der Waals surface area contributed by atoms with Gasteiger partial charge >= 0.3 is 0 Å². The number of carbonyl (C=O) groups excluding carboxylic acids is 1. The van der Waals surface area contributed by atoms with Crippen molar-refractivity contribution in [1.29, 1.82) is 0 Å². The molecule has 33 heavy (non-hydrogen) atoms. The summed E-state index contributed by atoms with van der Waals surface area (Å²) in [4.78, 5) is 12.8. The van der Waals surface area contributed by atoms with Gasteiger partial charge < -0.3 is 5.32 Å². The molecule has 172 valence electrons. The normalized spacial score (nSPS) is 14.7. The molecule has 0 aliphatic carbocycles. The number of piperidine rings is 1. The van der Waals surface area contributed by atoms with Crippen LogP contribution in [0, 0.1) is 0 Å². The first-order valence-corrected chi connectivity index (χ1v) is 13.0. The van der Waals surface area contributed by atoms with E-state index in [4.69, 9.17) is 11.6 Å². The average molecular weight is 483 g/mol. The monoisotopic (exact) mass is 482 g/mol. The molecule has 4 rings (SSSR count). The fourth-order valence-corrected chi connectivity index (χ4v) is 5.60. The molecule has 5 nitrogen and oxygen atoms in total. The third-order valence-corrected chi connectivity index (χ3v) is 8.06. The Balaban J connectivity index is 1.36. The maximum atomic E-state index is 12.8. The van der Waals surface area contributed by atoms with E-state index in [-0.39, 0.29) is 5.91 Å². The molecule has 1 aliphatic rings. The lowest BCUT2D eigenvalue weighted by Gasteiger charge is -2.25. The van der Waals surface area contributed by atoms with Crippen molar-refractivity contribution in [1.82, 2.24) is 9.62 Å².